The molecule has 13 nitrogen and oxygen atoms in total. The van der Waals surface area contributed by atoms with Gasteiger partial charge in [-0.05, 0) is 73.3 Å². The molecule has 14 heteroatoms. The molecule has 5 heterocycles. The number of rotatable bonds is 12. The summed E-state index contributed by atoms with van der Waals surface area (Å²) in [6.07, 6.45) is 6.05. The van der Waals surface area contributed by atoms with E-state index >= 15 is 0 Å². The van der Waals surface area contributed by atoms with E-state index in [4.69, 9.17) is 23.7 Å². The molecule has 2 fully saturated rings. The molecule has 6 rings (SSSR count). The number of fused-ring (bicyclic) bond motifs is 3. The van der Waals surface area contributed by atoms with Crippen molar-refractivity contribution in [2.45, 2.75) is 109 Å². The molecule has 3 aromatic heterocycles. The number of esters is 1. The largest absolute Gasteiger partial charge is 0.491 e. The van der Waals surface area contributed by atoms with E-state index in [0.717, 1.165) is 35.8 Å². The summed E-state index contributed by atoms with van der Waals surface area (Å²) in [5.41, 5.74) is -2.40. The third kappa shape index (κ3) is 7.09. The maximum atomic E-state index is 14.8. The standard InChI is InChI=1S/C35H45N5O8S/c1-21-28-29(41)39(35(5,6)32(42)48-34(2,3)4)33(43)38(31(28)49-30(21)40-36-14-15-37-40)20-27(47-24-18-22-12-13-23(19-24)46-22)25-10-8-9-11-26(25)45-17-16-44-7/h8-11,14-15,22-24,27H,12-13,16-20H2,1-7H3/t22-,23+,24?,27-/m0/s1. The Balaban J connectivity index is 1.53. The number of carbonyl (C=O) groups excluding carboxylic acids is 1. The first-order valence-electron chi connectivity index (χ1n) is 16.7. The minimum absolute atomic E-state index is 0.0310. The molecule has 4 atom stereocenters. The monoisotopic (exact) mass is 695 g/mol. The third-order valence-corrected chi connectivity index (χ3v) is 10.3. The summed E-state index contributed by atoms with van der Waals surface area (Å²) in [6, 6.07) is 7.60. The number of thiophene rings is 1. The number of para-hydroxylation sites is 1. The molecule has 0 radical (unpaired) electrons. The smallest absolute Gasteiger partial charge is 0.333 e. The zero-order valence-electron chi connectivity index (χ0n) is 29.1. The molecule has 2 bridgehead atoms. The zero-order chi connectivity index (χ0) is 35.1. The summed E-state index contributed by atoms with van der Waals surface area (Å²) in [5.74, 6) is -0.0932. The van der Waals surface area contributed by atoms with E-state index in [-0.39, 0.29) is 24.9 Å². The Bertz CT molecular complexity index is 1910. The summed E-state index contributed by atoms with van der Waals surface area (Å²) < 4.78 is 32.7. The van der Waals surface area contributed by atoms with E-state index in [1.54, 1.807) is 47.2 Å². The van der Waals surface area contributed by atoms with Gasteiger partial charge in [-0.3, -0.25) is 9.36 Å². The normalized spacial score (nSPS) is 20.1. The van der Waals surface area contributed by atoms with Crippen LogP contribution in [0.25, 0.3) is 15.2 Å². The van der Waals surface area contributed by atoms with Crippen molar-refractivity contribution in [3.63, 3.8) is 0 Å². The molecule has 1 unspecified atom stereocenters. The lowest BCUT2D eigenvalue weighted by atomic mass is 10.0. The first kappa shape index (κ1) is 35.0. The highest BCUT2D eigenvalue weighted by Crippen LogP contribution is 2.39. The van der Waals surface area contributed by atoms with Gasteiger partial charge in [0.05, 0.1) is 49.2 Å². The Kier molecular flexibility index (Phi) is 9.86. The first-order valence-corrected chi connectivity index (χ1v) is 17.5. The van der Waals surface area contributed by atoms with Crippen molar-refractivity contribution in [1.29, 1.82) is 0 Å². The SMILES string of the molecule is COCCOc1ccccc1[C@H](Cn1c(=O)n(C(C)(C)C(=O)OC(C)(C)C)c(=O)c2c(C)c(-n3nccn3)sc21)OC1C[C@H]2CC[C@@H](C1)O2. The molecule has 1 aromatic carbocycles. The van der Waals surface area contributed by atoms with Crippen molar-refractivity contribution >= 4 is 27.5 Å². The number of aromatic nitrogens is 5. The van der Waals surface area contributed by atoms with E-state index in [1.807, 2.05) is 24.3 Å². The van der Waals surface area contributed by atoms with Crippen LogP contribution in [-0.4, -0.2) is 74.3 Å². The zero-order valence-corrected chi connectivity index (χ0v) is 30.0. The van der Waals surface area contributed by atoms with Crippen LogP contribution in [0.3, 0.4) is 0 Å². The van der Waals surface area contributed by atoms with Crippen LogP contribution in [0.1, 0.15) is 77.5 Å². The van der Waals surface area contributed by atoms with E-state index in [1.165, 1.54) is 34.5 Å². The molecule has 0 spiro atoms. The average Bonchev–Trinajstić information content (AvgIpc) is 3.77. The summed E-state index contributed by atoms with van der Waals surface area (Å²) in [4.78, 5) is 44.7. The Labute approximate surface area is 288 Å². The maximum Gasteiger partial charge on any atom is 0.333 e. The number of carbonyl (C=O) groups is 1. The molecule has 0 aliphatic carbocycles. The van der Waals surface area contributed by atoms with E-state index in [9.17, 15) is 14.4 Å². The first-order chi connectivity index (χ1) is 23.3. The molecule has 2 aliphatic heterocycles. The van der Waals surface area contributed by atoms with Gasteiger partial charge < -0.3 is 23.7 Å². The lowest BCUT2D eigenvalue weighted by Gasteiger charge is -2.33. The van der Waals surface area contributed by atoms with Crippen LogP contribution in [0.5, 0.6) is 5.75 Å². The average molecular weight is 696 g/mol. The molecule has 2 aliphatic rings. The fraction of sp³-hybridized carbons (Fsp3) is 0.571. The van der Waals surface area contributed by atoms with Crippen LogP contribution in [0, 0.1) is 6.92 Å². The Morgan fingerprint density at radius 2 is 1.71 bits per heavy atom. The van der Waals surface area contributed by atoms with Crippen molar-refractivity contribution < 1.29 is 28.5 Å². The second-order valence-corrected chi connectivity index (χ2v) is 15.2. The molecular formula is C35H45N5O8S. The number of hydrogen-bond acceptors (Lipinski definition) is 11. The Morgan fingerprint density at radius 1 is 1.04 bits per heavy atom. The van der Waals surface area contributed by atoms with E-state index in [2.05, 4.69) is 10.2 Å². The quantitative estimate of drug-likeness (QED) is 0.152. The molecular weight excluding hydrogens is 650 g/mol. The Morgan fingerprint density at radius 3 is 2.37 bits per heavy atom. The maximum absolute atomic E-state index is 14.8. The van der Waals surface area contributed by atoms with Crippen molar-refractivity contribution in [2.24, 2.45) is 0 Å². The van der Waals surface area contributed by atoms with Gasteiger partial charge in [-0.15, -0.1) is 4.80 Å². The fourth-order valence-corrected chi connectivity index (χ4v) is 7.86. The van der Waals surface area contributed by atoms with Crippen LogP contribution in [0.4, 0.5) is 0 Å². The van der Waals surface area contributed by atoms with E-state index in [0.29, 0.717) is 39.7 Å². The van der Waals surface area contributed by atoms with Crippen molar-refractivity contribution in [1.82, 2.24) is 24.1 Å². The van der Waals surface area contributed by atoms with Crippen molar-refractivity contribution in [2.75, 3.05) is 20.3 Å². The highest BCUT2D eigenvalue weighted by atomic mass is 32.1. The minimum atomic E-state index is -1.65. The van der Waals surface area contributed by atoms with Gasteiger partial charge >= 0.3 is 11.7 Å². The number of methoxy groups -OCH3 is 1. The van der Waals surface area contributed by atoms with E-state index < -0.39 is 34.5 Å². The predicted molar refractivity (Wildman–Crippen MR) is 184 cm³/mol. The van der Waals surface area contributed by atoms with Crippen molar-refractivity contribution in [3.8, 4) is 10.8 Å². The number of aryl methyl sites for hydroxylation is 1. The summed E-state index contributed by atoms with van der Waals surface area (Å²) in [7, 11) is 1.61. The lowest BCUT2D eigenvalue weighted by Crippen LogP contribution is -2.54. The van der Waals surface area contributed by atoms with Gasteiger partial charge in [0.2, 0.25) is 0 Å². The predicted octanol–water partition coefficient (Wildman–Crippen LogP) is 4.68. The van der Waals surface area contributed by atoms with Gasteiger partial charge in [-0.2, -0.15) is 10.2 Å². The fourth-order valence-electron chi connectivity index (χ4n) is 6.64. The van der Waals surface area contributed by atoms with Crippen molar-refractivity contribution in [3.05, 3.63) is 68.6 Å². The lowest BCUT2D eigenvalue weighted by molar-refractivity contribution is -0.164. The molecule has 49 heavy (non-hydrogen) atoms. The second-order valence-electron chi connectivity index (χ2n) is 14.2. The summed E-state index contributed by atoms with van der Waals surface area (Å²) >= 11 is 1.24. The second kappa shape index (κ2) is 13.8. The number of nitrogens with zero attached hydrogens (tertiary/aromatic N) is 5. The van der Waals surface area contributed by atoms with Crippen LogP contribution >= 0.6 is 11.3 Å². The van der Waals surface area contributed by atoms with Gasteiger partial charge in [0.1, 0.15) is 39.4 Å². The molecule has 4 aromatic rings. The van der Waals surface area contributed by atoms with Gasteiger partial charge in [0, 0.05) is 18.2 Å². The van der Waals surface area contributed by atoms with Crippen LogP contribution in [0.15, 0.2) is 46.2 Å². The van der Waals surface area contributed by atoms with Gasteiger partial charge in [-0.25, -0.2) is 14.2 Å². The summed E-state index contributed by atoms with van der Waals surface area (Å²) in [6.45, 7) is 10.8. The highest BCUT2D eigenvalue weighted by Gasteiger charge is 2.40. The molecule has 0 saturated carbocycles. The van der Waals surface area contributed by atoms with Crippen LogP contribution in [-0.2, 0) is 35.8 Å². The van der Waals surface area contributed by atoms with Gasteiger partial charge in [-0.1, -0.05) is 29.5 Å². The number of benzene rings is 1. The Hall–Kier alpha value is -3.85. The van der Waals surface area contributed by atoms with Gasteiger partial charge in [0.25, 0.3) is 5.56 Å². The highest BCUT2D eigenvalue weighted by molar-refractivity contribution is 7.21. The number of hydrogen-bond donors (Lipinski definition) is 0. The third-order valence-electron chi connectivity index (χ3n) is 9.01. The minimum Gasteiger partial charge on any atom is -0.491 e. The molecule has 264 valence electrons. The molecule has 2 saturated heterocycles. The molecule has 0 N–H and O–H groups in total. The topological polar surface area (TPSA) is 138 Å². The summed E-state index contributed by atoms with van der Waals surface area (Å²) in [5, 5.41) is 9.47. The van der Waals surface area contributed by atoms with Gasteiger partial charge in [0.15, 0.2) is 0 Å². The van der Waals surface area contributed by atoms with Crippen LogP contribution in [0.2, 0.25) is 0 Å². The van der Waals surface area contributed by atoms with Crippen LogP contribution < -0.4 is 16.0 Å². The molecule has 0 amide bonds. The number of ether oxygens (including phenoxy) is 5.